The summed E-state index contributed by atoms with van der Waals surface area (Å²) in [6.45, 7) is 2.68. The molecule has 0 aliphatic carbocycles. The van der Waals surface area contributed by atoms with E-state index < -0.39 is 0 Å². The van der Waals surface area contributed by atoms with Crippen molar-refractivity contribution in [2.75, 3.05) is 6.61 Å². The summed E-state index contributed by atoms with van der Waals surface area (Å²) >= 11 is 0. The number of phenols is 1. The van der Waals surface area contributed by atoms with Crippen LogP contribution >= 0.6 is 0 Å². The predicted octanol–water partition coefficient (Wildman–Crippen LogP) is 3.45. The third-order valence-corrected chi connectivity index (χ3v) is 2.79. The number of aryl methyl sites for hydroxylation is 1. The standard InChI is InChI=1S/C15H22O3/c1-2-3-4-5-11-18-15(17)10-9-13-7-6-8-14(16)12-13/h6-8,12,16H,2-5,9-11H2,1H3. The average molecular weight is 250 g/mol. The van der Waals surface area contributed by atoms with Gasteiger partial charge in [-0.15, -0.1) is 0 Å². The first-order valence-electron chi connectivity index (χ1n) is 6.66. The van der Waals surface area contributed by atoms with Crippen LogP contribution in [0.2, 0.25) is 0 Å². The molecule has 0 aliphatic heterocycles. The van der Waals surface area contributed by atoms with Crippen LogP contribution in [-0.2, 0) is 16.0 Å². The fourth-order valence-electron chi connectivity index (χ4n) is 1.75. The van der Waals surface area contributed by atoms with Crippen molar-refractivity contribution in [1.82, 2.24) is 0 Å². The molecule has 0 bridgehead atoms. The van der Waals surface area contributed by atoms with E-state index >= 15 is 0 Å². The Bertz CT molecular complexity index is 361. The molecule has 0 saturated carbocycles. The highest BCUT2D eigenvalue weighted by Gasteiger charge is 2.03. The number of carbonyl (C=O) groups is 1. The summed E-state index contributed by atoms with van der Waals surface area (Å²) in [5.41, 5.74) is 0.956. The van der Waals surface area contributed by atoms with Crippen LogP contribution < -0.4 is 0 Å². The Morgan fingerprint density at radius 2 is 2.11 bits per heavy atom. The first-order valence-corrected chi connectivity index (χ1v) is 6.66. The van der Waals surface area contributed by atoms with Crippen molar-refractivity contribution >= 4 is 5.97 Å². The molecule has 0 amide bonds. The van der Waals surface area contributed by atoms with Crippen molar-refractivity contribution in [2.24, 2.45) is 0 Å². The van der Waals surface area contributed by atoms with Crippen LogP contribution in [-0.4, -0.2) is 17.7 Å². The van der Waals surface area contributed by atoms with Crippen LogP contribution in [0.4, 0.5) is 0 Å². The minimum Gasteiger partial charge on any atom is -0.508 e. The summed E-state index contributed by atoms with van der Waals surface area (Å²) in [7, 11) is 0. The van der Waals surface area contributed by atoms with Gasteiger partial charge in [-0.1, -0.05) is 38.3 Å². The van der Waals surface area contributed by atoms with E-state index in [1.807, 2.05) is 6.07 Å². The molecule has 1 aromatic rings. The lowest BCUT2D eigenvalue weighted by molar-refractivity contribution is -0.143. The largest absolute Gasteiger partial charge is 0.508 e. The molecule has 100 valence electrons. The molecule has 0 heterocycles. The molecule has 1 aromatic carbocycles. The number of aromatic hydroxyl groups is 1. The molecule has 0 saturated heterocycles. The first kappa shape index (κ1) is 14.6. The van der Waals surface area contributed by atoms with E-state index in [9.17, 15) is 9.90 Å². The second-order valence-electron chi connectivity index (χ2n) is 4.45. The van der Waals surface area contributed by atoms with E-state index in [-0.39, 0.29) is 11.7 Å². The minimum absolute atomic E-state index is 0.158. The number of hydrogen-bond donors (Lipinski definition) is 1. The van der Waals surface area contributed by atoms with Crippen molar-refractivity contribution < 1.29 is 14.6 Å². The summed E-state index contributed by atoms with van der Waals surface area (Å²) < 4.78 is 5.14. The molecule has 0 aromatic heterocycles. The van der Waals surface area contributed by atoms with Crippen molar-refractivity contribution in [1.29, 1.82) is 0 Å². The average Bonchev–Trinajstić information content (AvgIpc) is 2.36. The lowest BCUT2D eigenvalue weighted by Gasteiger charge is -2.05. The topological polar surface area (TPSA) is 46.5 Å². The maximum atomic E-state index is 11.4. The molecule has 18 heavy (non-hydrogen) atoms. The van der Waals surface area contributed by atoms with Gasteiger partial charge in [-0.2, -0.15) is 0 Å². The number of hydrogen-bond acceptors (Lipinski definition) is 3. The Morgan fingerprint density at radius 3 is 2.83 bits per heavy atom. The minimum atomic E-state index is -0.158. The van der Waals surface area contributed by atoms with Gasteiger partial charge in [0.2, 0.25) is 0 Å². The van der Waals surface area contributed by atoms with Crippen molar-refractivity contribution in [3.8, 4) is 5.75 Å². The highest BCUT2D eigenvalue weighted by Crippen LogP contribution is 2.12. The quantitative estimate of drug-likeness (QED) is 0.568. The second-order valence-corrected chi connectivity index (χ2v) is 4.45. The third-order valence-electron chi connectivity index (χ3n) is 2.79. The summed E-state index contributed by atoms with van der Waals surface area (Å²) in [6, 6.07) is 6.97. The summed E-state index contributed by atoms with van der Waals surface area (Å²) in [6.07, 6.45) is 5.44. The van der Waals surface area contributed by atoms with Crippen LogP contribution in [0.3, 0.4) is 0 Å². The Kier molecular flexibility index (Phi) is 6.92. The number of carbonyl (C=O) groups excluding carboxylic acids is 1. The van der Waals surface area contributed by atoms with Crippen LogP contribution in [0.25, 0.3) is 0 Å². The van der Waals surface area contributed by atoms with E-state index in [1.165, 1.54) is 12.8 Å². The molecular weight excluding hydrogens is 228 g/mol. The van der Waals surface area contributed by atoms with Crippen LogP contribution in [0.5, 0.6) is 5.75 Å². The van der Waals surface area contributed by atoms with Gasteiger partial charge in [0.15, 0.2) is 0 Å². The third kappa shape index (κ3) is 6.28. The van der Waals surface area contributed by atoms with Gasteiger partial charge in [0.05, 0.1) is 6.61 Å². The smallest absolute Gasteiger partial charge is 0.306 e. The van der Waals surface area contributed by atoms with Gasteiger partial charge in [0.1, 0.15) is 5.75 Å². The molecule has 0 aliphatic rings. The van der Waals surface area contributed by atoms with Gasteiger partial charge in [-0.05, 0) is 30.5 Å². The molecule has 1 N–H and O–H groups in total. The predicted molar refractivity (Wildman–Crippen MR) is 71.5 cm³/mol. The highest BCUT2D eigenvalue weighted by atomic mass is 16.5. The van der Waals surface area contributed by atoms with E-state index in [0.29, 0.717) is 19.4 Å². The van der Waals surface area contributed by atoms with Gasteiger partial charge < -0.3 is 9.84 Å². The van der Waals surface area contributed by atoms with Gasteiger partial charge in [-0.3, -0.25) is 4.79 Å². The molecule has 0 spiro atoms. The number of esters is 1. The van der Waals surface area contributed by atoms with Gasteiger partial charge in [0, 0.05) is 6.42 Å². The molecule has 1 rings (SSSR count). The zero-order valence-corrected chi connectivity index (χ0v) is 11.0. The zero-order valence-electron chi connectivity index (χ0n) is 11.0. The first-order chi connectivity index (χ1) is 8.72. The maximum absolute atomic E-state index is 11.4. The zero-order chi connectivity index (χ0) is 13.2. The lowest BCUT2D eigenvalue weighted by Crippen LogP contribution is -2.07. The van der Waals surface area contributed by atoms with Gasteiger partial charge >= 0.3 is 5.97 Å². The number of rotatable bonds is 8. The number of phenolic OH excluding ortho intramolecular Hbond substituents is 1. The van der Waals surface area contributed by atoms with Gasteiger partial charge in [-0.25, -0.2) is 0 Å². The number of benzene rings is 1. The molecule has 0 fully saturated rings. The molecule has 3 heteroatoms. The molecular formula is C15H22O3. The Labute approximate surface area is 109 Å². The SMILES string of the molecule is CCCCCCOC(=O)CCc1cccc(O)c1. The van der Waals surface area contributed by atoms with E-state index in [0.717, 1.165) is 18.4 Å². The Morgan fingerprint density at radius 1 is 1.28 bits per heavy atom. The van der Waals surface area contributed by atoms with Crippen molar-refractivity contribution in [3.05, 3.63) is 29.8 Å². The van der Waals surface area contributed by atoms with E-state index in [1.54, 1.807) is 18.2 Å². The molecule has 0 atom stereocenters. The maximum Gasteiger partial charge on any atom is 0.306 e. The fraction of sp³-hybridized carbons (Fsp3) is 0.533. The summed E-state index contributed by atoms with van der Waals surface area (Å²) in [4.78, 5) is 11.4. The summed E-state index contributed by atoms with van der Waals surface area (Å²) in [5, 5.41) is 9.29. The molecule has 0 unspecified atom stereocenters. The van der Waals surface area contributed by atoms with Gasteiger partial charge in [0.25, 0.3) is 0 Å². The summed E-state index contributed by atoms with van der Waals surface area (Å²) in [5.74, 6) is 0.0790. The normalized spacial score (nSPS) is 10.3. The lowest BCUT2D eigenvalue weighted by atomic mass is 10.1. The molecule has 0 radical (unpaired) electrons. The highest BCUT2D eigenvalue weighted by molar-refractivity contribution is 5.69. The fourth-order valence-corrected chi connectivity index (χ4v) is 1.75. The van der Waals surface area contributed by atoms with Crippen molar-refractivity contribution in [3.63, 3.8) is 0 Å². The number of ether oxygens (including phenoxy) is 1. The second kappa shape index (κ2) is 8.56. The van der Waals surface area contributed by atoms with E-state index in [4.69, 9.17) is 4.74 Å². The Hall–Kier alpha value is -1.51. The van der Waals surface area contributed by atoms with Crippen LogP contribution in [0.1, 0.15) is 44.6 Å². The van der Waals surface area contributed by atoms with Crippen LogP contribution in [0.15, 0.2) is 24.3 Å². The van der Waals surface area contributed by atoms with Crippen molar-refractivity contribution in [2.45, 2.75) is 45.4 Å². The van der Waals surface area contributed by atoms with E-state index in [2.05, 4.69) is 6.92 Å². The number of unbranched alkanes of at least 4 members (excludes halogenated alkanes) is 3. The Balaban J connectivity index is 2.13. The monoisotopic (exact) mass is 250 g/mol. The molecule has 3 nitrogen and oxygen atoms in total. The van der Waals surface area contributed by atoms with Crippen LogP contribution in [0, 0.1) is 0 Å².